The number of benzene rings is 1. The van der Waals surface area contributed by atoms with Crippen LogP contribution in [-0.4, -0.2) is 21.9 Å². The Balaban J connectivity index is 2.07. The van der Waals surface area contributed by atoms with E-state index in [0.29, 0.717) is 25.4 Å². The number of aromatic nitrogens is 1. The quantitative estimate of drug-likeness (QED) is 0.462. The van der Waals surface area contributed by atoms with Crippen molar-refractivity contribution in [3.8, 4) is 0 Å². The van der Waals surface area contributed by atoms with Crippen molar-refractivity contribution in [2.45, 2.75) is 53.6 Å². The van der Waals surface area contributed by atoms with E-state index in [4.69, 9.17) is 11.6 Å². The van der Waals surface area contributed by atoms with Gasteiger partial charge in [0, 0.05) is 36.4 Å². The van der Waals surface area contributed by atoms with Crippen molar-refractivity contribution in [2.75, 3.05) is 6.54 Å². The van der Waals surface area contributed by atoms with E-state index in [1.807, 2.05) is 29.2 Å². The molecule has 1 aromatic heterocycles. The lowest BCUT2D eigenvalue weighted by Crippen LogP contribution is -2.33. The van der Waals surface area contributed by atoms with Crippen LogP contribution in [0.4, 0.5) is 0 Å². The van der Waals surface area contributed by atoms with Gasteiger partial charge in [-0.1, -0.05) is 57.5 Å². The van der Waals surface area contributed by atoms with Crippen molar-refractivity contribution in [1.82, 2.24) is 9.47 Å². The lowest BCUT2D eigenvalue weighted by molar-refractivity contribution is -0.132. The second kappa shape index (κ2) is 9.97. The van der Waals surface area contributed by atoms with Gasteiger partial charge in [0.1, 0.15) is 0 Å². The van der Waals surface area contributed by atoms with Crippen LogP contribution in [0.25, 0.3) is 0 Å². The molecule has 4 heteroatoms. The molecule has 0 aliphatic rings. The summed E-state index contributed by atoms with van der Waals surface area (Å²) in [4.78, 5) is 14.8. The second-order valence-corrected chi connectivity index (χ2v) is 9.33. The first-order valence-corrected chi connectivity index (χ1v) is 10.3. The number of carbonyl (C=O) groups excluding carboxylic acids is 1. The van der Waals surface area contributed by atoms with E-state index in [9.17, 15) is 4.79 Å². The minimum Gasteiger partial charge on any atom is -0.345 e. The maximum Gasteiger partial charge on any atom is 0.223 e. The average molecular weight is 401 g/mol. The summed E-state index contributed by atoms with van der Waals surface area (Å²) in [6, 6.07) is 12.0. The molecular formula is C24H33ClN2O. The molecule has 1 amide bonds. The topological polar surface area (TPSA) is 25.2 Å². The van der Waals surface area contributed by atoms with Gasteiger partial charge in [-0.3, -0.25) is 4.79 Å². The van der Waals surface area contributed by atoms with Crippen molar-refractivity contribution in [2.24, 2.45) is 11.3 Å². The third-order valence-corrected chi connectivity index (χ3v) is 4.94. The average Bonchev–Trinajstić information content (AvgIpc) is 2.99. The first-order valence-electron chi connectivity index (χ1n) is 9.95. The zero-order valence-corrected chi connectivity index (χ0v) is 18.4. The van der Waals surface area contributed by atoms with E-state index >= 15 is 0 Å². The summed E-state index contributed by atoms with van der Waals surface area (Å²) in [5.74, 6) is 0.546. The number of hydrogen-bond acceptors (Lipinski definition) is 1. The Morgan fingerprint density at radius 3 is 2.68 bits per heavy atom. The molecule has 0 radical (unpaired) electrons. The van der Waals surface area contributed by atoms with Crippen molar-refractivity contribution in [1.29, 1.82) is 0 Å². The van der Waals surface area contributed by atoms with Gasteiger partial charge < -0.3 is 9.47 Å². The molecule has 0 spiro atoms. The number of carbonyl (C=O) groups is 1. The molecule has 152 valence electrons. The zero-order valence-electron chi connectivity index (χ0n) is 17.6. The molecule has 0 aliphatic heterocycles. The maximum absolute atomic E-state index is 12.9. The Kier molecular flexibility index (Phi) is 7.94. The van der Waals surface area contributed by atoms with Crippen LogP contribution in [0.3, 0.4) is 0 Å². The lowest BCUT2D eigenvalue weighted by atomic mass is 9.84. The van der Waals surface area contributed by atoms with Crippen molar-refractivity contribution in [3.05, 3.63) is 71.5 Å². The molecule has 0 saturated carbocycles. The van der Waals surface area contributed by atoms with E-state index in [0.717, 1.165) is 29.2 Å². The fourth-order valence-electron chi connectivity index (χ4n) is 3.73. The van der Waals surface area contributed by atoms with Crippen LogP contribution in [0.1, 0.15) is 51.8 Å². The Morgan fingerprint density at radius 2 is 2.04 bits per heavy atom. The second-order valence-electron chi connectivity index (χ2n) is 8.89. The zero-order chi connectivity index (χ0) is 20.7. The molecule has 0 fully saturated rings. The Hall–Kier alpha value is -2.00. The molecule has 28 heavy (non-hydrogen) atoms. The Morgan fingerprint density at radius 1 is 1.29 bits per heavy atom. The Bertz CT molecular complexity index is 788. The predicted molar refractivity (Wildman–Crippen MR) is 118 cm³/mol. The molecule has 2 rings (SSSR count). The Labute approximate surface area is 175 Å². The number of nitrogens with zero attached hydrogens (tertiary/aromatic N) is 2. The fraction of sp³-hybridized carbons (Fsp3) is 0.458. The molecule has 0 aliphatic carbocycles. The number of hydrogen-bond donors (Lipinski definition) is 0. The highest BCUT2D eigenvalue weighted by atomic mass is 35.5. The third-order valence-electron chi connectivity index (χ3n) is 4.70. The summed E-state index contributed by atoms with van der Waals surface area (Å²) in [6.45, 7) is 14.5. The number of rotatable bonds is 9. The molecule has 1 atom stereocenters. The van der Waals surface area contributed by atoms with E-state index in [1.165, 1.54) is 0 Å². The van der Waals surface area contributed by atoms with E-state index in [-0.39, 0.29) is 11.3 Å². The van der Waals surface area contributed by atoms with Crippen molar-refractivity contribution in [3.63, 3.8) is 0 Å². The minimum atomic E-state index is 0.187. The van der Waals surface area contributed by atoms with Gasteiger partial charge in [-0.05, 0) is 47.6 Å². The van der Waals surface area contributed by atoms with Crippen LogP contribution in [0.15, 0.2) is 55.3 Å². The van der Waals surface area contributed by atoms with Crippen LogP contribution in [-0.2, 0) is 17.9 Å². The molecule has 3 nitrogen and oxygen atoms in total. The highest BCUT2D eigenvalue weighted by Crippen LogP contribution is 2.26. The summed E-state index contributed by atoms with van der Waals surface area (Å²) < 4.78 is 2.17. The van der Waals surface area contributed by atoms with Crippen LogP contribution in [0, 0.1) is 11.3 Å². The molecule has 0 bridgehead atoms. The highest BCUT2D eigenvalue weighted by molar-refractivity contribution is 6.30. The van der Waals surface area contributed by atoms with Crippen molar-refractivity contribution >= 4 is 17.5 Å². The third kappa shape index (κ3) is 7.20. The SMILES string of the molecule is C=CCN(Cc1cccn1Cc1cccc(Cl)c1)C(=O)C[C@@H](C)CC(C)(C)C. The van der Waals surface area contributed by atoms with Crippen LogP contribution >= 0.6 is 11.6 Å². The first-order chi connectivity index (χ1) is 13.2. The van der Waals surface area contributed by atoms with Gasteiger partial charge in [-0.15, -0.1) is 6.58 Å². The van der Waals surface area contributed by atoms with Gasteiger partial charge in [0.05, 0.1) is 6.54 Å². The van der Waals surface area contributed by atoms with Gasteiger partial charge in [0.15, 0.2) is 0 Å². The predicted octanol–water partition coefficient (Wildman–Crippen LogP) is 6.17. The largest absolute Gasteiger partial charge is 0.345 e. The first kappa shape index (κ1) is 22.3. The smallest absolute Gasteiger partial charge is 0.223 e. The summed E-state index contributed by atoms with van der Waals surface area (Å²) in [6.07, 6.45) is 5.46. The summed E-state index contributed by atoms with van der Waals surface area (Å²) in [5.41, 5.74) is 2.48. The molecule has 2 aromatic rings. The van der Waals surface area contributed by atoms with Gasteiger partial charge >= 0.3 is 0 Å². The van der Waals surface area contributed by atoms with Crippen LogP contribution in [0.2, 0.25) is 5.02 Å². The maximum atomic E-state index is 12.9. The molecule has 0 N–H and O–H groups in total. The normalized spacial score (nSPS) is 12.6. The van der Waals surface area contributed by atoms with Crippen molar-refractivity contribution < 1.29 is 4.79 Å². The van der Waals surface area contributed by atoms with E-state index in [2.05, 4.69) is 57.2 Å². The van der Waals surface area contributed by atoms with E-state index < -0.39 is 0 Å². The van der Waals surface area contributed by atoms with Gasteiger partial charge in [0.25, 0.3) is 0 Å². The van der Waals surface area contributed by atoms with Gasteiger partial charge in [-0.25, -0.2) is 0 Å². The highest BCUT2D eigenvalue weighted by Gasteiger charge is 2.21. The van der Waals surface area contributed by atoms with Gasteiger partial charge in [-0.2, -0.15) is 0 Å². The van der Waals surface area contributed by atoms with Crippen LogP contribution < -0.4 is 0 Å². The number of amides is 1. The van der Waals surface area contributed by atoms with Crippen LogP contribution in [0.5, 0.6) is 0 Å². The fourth-order valence-corrected chi connectivity index (χ4v) is 3.94. The molecule has 1 aromatic carbocycles. The number of halogens is 1. The molecule has 1 heterocycles. The summed E-state index contributed by atoms with van der Waals surface area (Å²) in [7, 11) is 0. The lowest BCUT2D eigenvalue weighted by Gasteiger charge is -2.27. The van der Waals surface area contributed by atoms with Gasteiger partial charge in [0.2, 0.25) is 5.91 Å². The molecular weight excluding hydrogens is 368 g/mol. The molecule has 0 saturated heterocycles. The summed E-state index contributed by atoms with van der Waals surface area (Å²) >= 11 is 6.11. The minimum absolute atomic E-state index is 0.187. The summed E-state index contributed by atoms with van der Waals surface area (Å²) in [5, 5.41) is 0.738. The standard InChI is InChI=1S/C24H33ClN2O/c1-6-12-27(23(28)14-19(2)16-24(3,4)5)18-22-11-8-13-26(22)17-20-9-7-10-21(25)15-20/h6-11,13,15,19H,1,12,14,16-18H2,2-5H3/t19-/m1/s1. The monoisotopic (exact) mass is 400 g/mol. The van der Waals surface area contributed by atoms with E-state index in [1.54, 1.807) is 6.08 Å². The molecule has 0 unspecified atom stereocenters.